The molecule has 2 rings (SSSR count). The molecule has 0 atom stereocenters. The van der Waals surface area contributed by atoms with Crippen molar-refractivity contribution in [1.29, 1.82) is 0 Å². The number of hydrogen-bond acceptors (Lipinski definition) is 4. The summed E-state index contributed by atoms with van der Waals surface area (Å²) in [5.41, 5.74) is 2.14. The SMILES string of the molecule is CCCN(CC)CCc1c[nH]c2ccc(OC(=O)CC(=O)O)cc12. The molecule has 0 aliphatic carbocycles. The first-order chi connectivity index (χ1) is 11.5. The number of ether oxygens (including phenoxy) is 1. The van der Waals surface area contributed by atoms with Crippen molar-refractivity contribution in [2.24, 2.45) is 0 Å². The minimum absolute atomic E-state index is 0.371. The highest BCUT2D eigenvalue weighted by molar-refractivity contribution is 5.92. The van der Waals surface area contributed by atoms with Crippen LogP contribution in [0.4, 0.5) is 0 Å². The second-order valence-electron chi connectivity index (χ2n) is 5.75. The fourth-order valence-electron chi connectivity index (χ4n) is 2.74. The van der Waals surface area contributed by atoms with Crippen LogP contribution in [0.2, 0.25) is 0 Å². The van der Waals surface area contributed by atoms with Crippen LogP contribution in [0, 0.1) is 0 Å². The Bertz CT molecular complexity index is 708. The highest BCUT2D eigenvalue weighted by atomic mass is 16.5. The summed E-state index contributed by atoms with van der Waals surface area (Å²) < 4.78 is 5.10. The predicted molar refractivity (Wildman–Crippen MR) is 92.3 cm³/mol. The van der Waals surface area contributed by atoms with E-state index >= 15 is 0 Å². The molecule has 0 aliphatic heterocycles. The molecular weight excluding hydrogens is 308 g/mol. The van der Waals surface area contributed by atoms with E-state index in [1.165, 1.54) is 0 Å². The van der Waals surface area contributed by atoms with E-state index in [9.17, 15) is 9.59 Å². The largest absolute Gasteiger partial charge is 0.481 e. The number of carboxylic acid groups (broad SMARTS) is 1. The maximum absolute atomic E-state index is 11.5. The minimum Gasteiger partial charge on any atom is -0.481 e. The number of rotatable bonds is 9. The first kappa shape index (κ1) is 18.0. The number of aliphatic carboxylic acids is 1. The van der Waals surface area contributed by atoms with Crippen LogP contribution in [-0.4, -0.2) is 46.6 Å². The van der Waals surface area contributed by atoms with Crippen LogP contribution >= 0.6 is 0 Å². The normalized spacial score (nSPS) is 11.1. The van der Waals surface area contributed by atoms with E-state index in [0.29, 0.717) is 5.75 Å². The number of likely N-dealkylation sites (N-methyl/N-ethyl adjacent to an activating group) is 1. The molecule has 0 aliphatic rings. The third kappa shape index (κ3) is 4.83. The summed E-state index contributed by atoms with van der Waals surface area (Å²) in [4.78, 5) is 27.7. The molecule has 0 saturated heterocycles. The van der Waals surface area contributed by atoms with Crippen LogP contribution in [0.15, 0.2) is 24.4 Å². The molecule has 130 valence electrons. The topological polar surface area (TPSA) is 82.6 Å². The van der Waals surface area contributed by atoms with Gasteiger partial charge >= 0.3 is 11.9 Å². The number of hydrogen-bond donors (Lipinski definition) is 2. The molecule has 0 fully saturated rings. The summed E-state index contributed by atoms with van der Waals surface area (Å²) in [6, 6.07) is 5.29. The van der Waals surface area contributed by atoms with Gasteiger partial charge < -0.3 is 19.7 Å². The molecule has 0 saturated carbocycles. The van der Waals surface area contributed by atoms with E-state index in [-0.39, 0.29) is 0 Å². The number of carbonyl (C=O) groups excluding carboxylic acids is 1. The van der Waals surface area contributed by atoms with E-state index in [2.05, 4.69) is 23.7 Å². The zero-order valence-electron chi connectivity index (χ0n) is 14.2. The van der Waals surface area contributed by atoms with Crippen molar-refractivity contribution in [3.8, 4) is 5.75 Å². The fourth-order valence-corrected chi connectivity index (χ4v) is 2.74. The third-order valence-corrected chi connectivity index (χ3v) is 3.95. The third-order valence-electron chi connectivity index (χ3n) is 3.95. The van der Waals surface area contributed by atoms with Crippen LogP contribution in [0.3, 0.4) is 0 Å². The molecular formula is C18H24N2O4. The maximum Gasteiger partial charge on any atom is 0.322 e. The van der Waals surface area contributed by atoms with Gasteiger partial charge in [-0.3, -0.25) is 9.59 Å². The van der Waals surface area contributed by atoms with Gasteiger partial charge in [0.1, 0.15) is 12.2 Å². The predicted octanol–water partition coefficient (Wildman–Crippen LogP) is 2.82. The molecule has 0 radical (unpaired) electrons. The molecule has 0 amide bonds. The zero-order chi connectivity index (χ0) is 17.5. The van der Waals surface area contributed by atoms with Gasteiger partial charge in [-0.1, -0.05) is 13.8 Å². The lowest BCUT2D eigenvalue weighted by Crippen LogP contribution is -2.26. The Morgan fingerprint density at radius 1 is 1.25 bits per heavy atom. The number of esters is 1. The van der Waals surface area contributed by atoms with E-state index in [1.54, 1.807) is 12.1 Å². The second kappa shape index (κ2) is 8.49. The van der Waals surface area contributed by atoms with E-state index in [4.69, 9.17) is 9.84 Å². The summed E-state index contributed by atoms with van der Waals surface area (Å²) in [6.45, 7) is 7.41. The quantitative estimate of drug-likeness (QED) is 0.419. The van der Waals surface area contributed by atoms with Crippen LogP contribution in [0.5, 0.6) is 5.75 Å². The Kier molecular flexibility index (Phi) is 6.37. The number of H-pyrrole nitrogens is 1. The van der Waals surface area contributed by atoms with Gasteiger partial charge in [-0.15, -0.1) is 0 Å². The molecule has 0 unspecified atom stereocenters. The van der Waals surface area contributed by atoms with Gasteiger partial charge in [-0.25, -0.2) is 0 Å². The number of carbonyl (C=O) groups is 2. The number of carboxylic acids is 1. The van der Waals surface area contributed by atoms with Crippen molar-refractivity contribution in [3.63, 3.8) is 0 Å². The average molecular weight is 332 g/mol. The lowest BCUT2D eigenvalue weighted by molar-refractivity contribution is -0.145. The van der Waals surface area contributed by atoms with Gasteiger partial charge in [0.25, 0.3) is 0 Å². The minimum atomic E-state index is -1.20. The Labute approximate surface area is 141 Å². The Morgan fingerprint density at radius 3 is 2.71 bits per heavy atom. The molecule has 0 spiro atoms. The summed E-state index contributed by atoms with van der Waals surface area (Å²) in [5.74, 6) is -1.59. The molecule has 1 heterocycles. The molecule has 6 heteroatoms. The number of fused-ring (bicyclic) bond motifs is 1. The standard InChI is InChI=1S/C18H24N2O4/c1-3-8-20(4-2)9-7-13-12-19-16-6-5-14(10-15(13)16)24-18(23)11-17(21)22/h5-6,10,12,19H,3-4,7-9,11H2,1-2H3,(H,21,22). The van der Waals surface area contributed by atoms with E-state index < -0.39 is 18.4 Å². The van der Waals surface area contributed by atoms with Crippen LogP contribution in [0.25, 0.3) is 10.9 Å². The van der Waals surface area contributed by atoms with Gasteiger partial charge in [0.05, 0.1) is 0 Å². The Hall–Kier alpha value is -2.34. The number of aromatic amines is 1. The molecule has 1 aromatic carbocycles. The Morgan fingerprint density at radius 2 is 2.04 bits per heavy atom. The highest BCUT2D eigenvalue weighted by Gasteiger charge is 2.12. The van der Waals surface area contributed by atoms with Gasteiger partial charge in [0.2, 0.25) is 0 Å². The summed E-state index contributed by atoms with van der Waals surface area (Å²) in [5, 5.41) is 9.63. The smallest absolute Gasteiger partial charge is 0.322 e. The fraction of sp³-hybridized carbons (Fsp3) is 0.444. The van der Waals surface area contributed by atoms with E-state index in [1.807, 2.05) is 12.3 Å². The van der Waals surface area contributed by atoms with Crippen molar-refractivity contribution in [2.75, 3.05) is 19.6 Å². The molecule has 6 nitrogen and oxygen atoms in total. The summed E-state index contributed by atoms with van der Waals surface area (Å²) >= 11 is 0. The summed E-state index contributed by atoms with van der Waals surface area (Å²) in [6.07, 6.45) is 3.37. The van der Waals surface area contributed by atoms with Crippen LogP contribution < -0.4 is 4.74 Å². The highest BCUT2D eigenvalue weighted by Crippen LogP contribution is 2.24. The number of nitrogens with one attached hydrogen (secondary N) is 1. The molecule has 0 bridgehead atoms. The second-order valence-corrected chi connectivity index (χ2v) is 5.75. The van der Waals surface area contributed by atoms with Crippen LogP contribution in [-0.2, 0) is 16.0 Å². The van der Waals surface area contributed by atoms with E-state index in [0.717, 1.165) is 48.9 Å². The van der Waals surface area contributed by atoms with Crippen molar-refractivity contribution in [1.82, 2.24) is 9.88 Å². The number of nitrogens with zero attached hydrogens (tertiary/aromatic N) is 1. The lowest BCUT2D eigenvalue weighted by atomic mass is 10.1. The van der Waals surface area contributed by atoms with Gasteiger partial charge in [-0.2, -0.15) is 0 Å². The van der Waals surface area contributed by atoms with Crippen molar-refractivity contribution < 1.29 is 19.4 Å². The lowest BCUT2D eigenvalue weighted by Gasteiger charge is -2.19. The maximum atomic E-state index is 11.5. The molecule has 2 N–H and O–H groups in total. The summed E-state index contributed by atoms with van der Waals surface area (Å²) in [7, 11) is 0. The van der Waals surface area contributed by atoms with Crippen LogP contribution in [0.1, 0.15) is 32.3 Å². The molecule has 24 heavy (non-hydrogen) atoms. The molecule has 2 aromatic rings. The van der Waals surface area contributed by atoms with Crippen molar-refractivity contribution >= 4 is 22.8 Å². The van der Waals surface area contributed by atoms with Gasteiger partial charge in [-0.05, 0) is 49.7 Å². The average Bonchev–Trinajstić information content (AvgIpc) is 2.93. The number of aromatic nitrogens is 1. The molecule has 1 aromatic heterocycles. The monoisotopic (exact) mass is 332 g/mol. The first-order valence-electron chi connectivity index (χ1n) is 8.28. The van der Waals surface area contributed by atoms with Crippen molar-refractivity contribution in [2.45, 2.75) is 33.1 Å². The van der Waals surface area contributed by atoms with Crippen molar-refractivity contribution in [3.05, 3.63) is 30.0 Å². The Balaban J connectivity index is 2.10. The number of benzene rings is 1. The van der Waals surface area contributed by atoms with Gasteiger partial charge in [0, 0.05) is 23.6 Å². The van der Waals surface area contributed by atoms with Gasteiger partial charge in [0.15, 0.2) is 0 Å². The zero-order valence-corrected chi connectivity index (χ0v) is 14.2. The first-order valence-corrected chi connectivity index (χ1v) is 8.28.